The van der Waals surface area contributed by atoms with E-state index >= 15 is 0 Å². The molecular weight excluding hydrogens is 88.1 g/mol. The Morgan fingerprint density at radius 3 is 2.29 bits per heavy atom. The van der Waals surface area contributed by atoms with Crippen molar-refractivity contribution in [1.29, 1.82) is 0 Å². The number of hydrogen-bond acceptors (Lipinski definition) is 2. The third kappa shape index (κ3) is 1.11. The second-order valence-electron chi connectivity index (χ2n) is 1.53. The van der Waals surface area contributed by atoms with Gasteiger partial charge in [0.1, 0.15) is 6.17 Å². The van der Waals surface area contributed by atoms with Gasteiger partial charge in [0, 0.05) is 18.9 Å². The summed E-state index contributed by atoms with van der Waals surface area (Å²) in [7, 11) is 0. The van der Waals surface area contributed by atoms with Gasteiger partial charge in [-0.15, -0.1) is 0 Å². The fourth-order valence-electron chi connectivity index (χ4n) is 0.512. The maximum absolute atomic E-state index is 4.01. The molecule has 0 unspecified atom stereocenters. The van der Waals surface area contributed by atoms with Crippen molar-refractivity contribution >= 4 is 12.4 Å². The molecule has 1 aliphatic heterocycles. The van der Waals surface area contributed by atoms with Gasteiger partial charge in [-0.3, -0.25) is 9.98 Å². The number of hydrogen-bond donors (Lipinski definition) is 0. The van der Waals surface area contributed by atoms with Gasteiger partial charge in [0.2, 0.25) is 0 Å². The van der Waals surface area contributed by atoms with Gasteiger partial charge in [0.05, 0.1) is 0 Å². The lowest BCUT2D eigenvalue weighted by Crippen LogP contribution is -1.99. The van der Waals surface area contributed by atoms with Crippen LogP contribution >= 0.6 is 0 Å². The van der Waals surface area contributed by atoms with Gasteiger partial charge in [0.15, 0.2) is 0 Å². The van der Waals surface area contributed by atoms with Crippen molar-refractivity contribution in [3.63, 3.8) is 0 Å². The van der Waals surface area contributed by atoms with E-state index in [0.29, 0.717) is 0 Å². The summed E-state index contributed by atoms with van der Waals surface area (Å²) in [4.78, 5) is 8.01. The monoisotopic (exact) mass is 96.1 g/mol. The van der Waals surface area contributed by atoms with Crippen LogP contribution in [0.4, 0.5) is 0 Å². The highest BCUT2D eigenvalue weighted by molar-refractivity contribution is 5.80. The van der Waals surface area contributed by atoms with Gasteiger partial charge in [-0.25, -0.2) is 0 Å². The van der Waals surface area contributed by atoms with Crippen molar-refractivity contribution in [3.8, 4) is 0 Å². The Morgan fingerprint density at radius 1 is 1.43 bits per heavy atom. The van der Waals surface area contributed by atoms with Gasteiger partial charge in [-0.2, -0.15) is 0 Å². The van der Waals surface area contributed by atoms with Gasteiger partial charge < -0.3 is 0 Å². The van der Waals surface area contributed by atoms with Crippen LogP contribution in [0.5, 0.6) is 0 Å². The molecule has 0 spiro atoms. The van der Waals surface area contributed by atoms with Crippen LogP contribution in [0.1, 0.15) is 13.3 Å². The first kappa shape index (κ1) is 4.50. The van der Waals surface area contributed by atoms with Crippen LogP contribution in [0.3, 0.4) is 0 Å². The predicted octanol–water partition coefficient (Wildman–Crippen LogP) is 0.878. The van der Waals surface area contributed by atoms with Crippen molar-refractivity contribution in [2.45, 2.75) is 19.5 Å². The van der Waals surface area contributed by atoms with E-state index in [-0.39, 0.29) is 6.17 Å². The molecule has 0 aromatic carbocycles. The van der Waals surface area contributed by atoms with Gasteiger partial charge in [-0.1, -0.05) is 0 Å². The Hall–Kier alpha value is -0.660. The number of aliphatic imine (C=N–C) groups is 2. The zero-order valence-corrected chi connectivity index (χ0v) is 4.33. The number of rotatable bonds is 0. The smallest absolute Gasteiger partial charge is 0.136 e. The van der Waals surface area contributed by atoms with Crippen LogP contribution in [0.15, 0.2) is 9.98 Å². The lowest BCUT2D eigenvalue weighted by atomic mass is 10.4. The minimum atomic E-state index is 0.175. The van der Waals surface area contributed by atoms with Crippen LogP contribution < -0.4 is 0 Å². The first-order valence-corrected chi connectivity index (χ1v) is 2.43. The summed E-state index contributed by atoms with van der Waals surface area (Å²) in [6.45, 7) is 1.96. The van der Waals surface area contributed by atoms with Gasteiger partial charge in [-0.05, 0) is 6.92 Å². The molecule has 0 aliphatic carbocycles. The lowest BCUT2D eigenvalue weighted by molar-refractivity contribution is 0.791. The molecule has 38 valence electrons. The zero-order valence-electron chi connectivity index (χ0n) is 4.33. The van der Waals surface area contributed by atoms with Crippen LogP contribution in [-0.2, 0) is 0 Å². The average molecular weight is 96.1 g/mol. The van der Waals surface area contributed by atoms with Gasteiger partial charge in [0.25, 0.3) is 0 Å². The average Bonchev–Trinajstić information content (AvgIpc) is 1.69. The van der Waals surface area contributed by atoms with Crippen LogP contribution in [-0.4, -0.2) is 18.6 Å². The quantitative estimate of drug-likeness (QED) is 0.427. The molecule has 0 N–H and O–H groups in total. The van der Waals surface area contributed by atoms with E-state index in [0.717, 1.165) is 6.42 Å². The summed E-state index contributed by atoms with van der Waals surface area (Å²) in [5.74, 6) is 0. The molecule has 0 saturated heterocycles. The topological polar surface area (TPSA) is 24.7 Å². The molecule has 0 aromatic heterocycles. The van der Waals surface area contributed by atoms with E-state index in [1.807, 2.05) is 19.4 Å². The van der Waals surface area contributed by atoms with Crippen molar-refractivity contribution in [1.82, 2.24) is 0 Å². The number of nitrogens with zero attached hydrogens (tertiary/aromatic N) is 2. The maximum atomic E-state index is 4.01. The van der Waals surface area contributed by atoms with E-state index in [4.69, 9.17) is 0 Å². The summed E-state index contributed by atoms with van der Waals surface area (Å²) >= 11 is 0. The van der Waals surface area contributed by atoms with Crippen molar-refractivity contribution in [2.75, 3.05) is 0 Å². The fourth-order valence-corrected chi connectivity index (χ4v) is 0.512. The van der Waals surface area contributed by atoms with E-state index in [1.54, 1.807) is 0 Å². The Kier molecular flexibility index (Phi) is 1.20. The van der Waals surface area contributed by atoms with Crippen LogP contribution in [0.25, 0.3) is 0 Å². The SMILES string of the molecule is CC1N=CCC=N1. The van der Waals surface area contributed by atoms with E-state index in [9.17, 15) is 0 Å². The highest BCUT2D eigenvalue weighted by Crippen LogP contribution is 1.93. The Labute approximate surface area is 43.0 Å². The summed E-state index contributed by atoms with van der Waals surface area (Å²) in [5.41, 5.74) is 0. The molecule has 0 fully saturated rings. The standard InChI is InChI=1S/C5H8N2/c1-5-6-3-2-4-7-5/h3-5H,2H2,1H3. The second-order valence-corrected chi connectivity index (χ2v) is 1.53. The molecule has 2 nitrogen and oxygen atoms in total. The molecule has 0 aromatic rings. The largest absolute Gasteiger partial charge is 0.271 e. The summed E-state index contributed by atoms with van der Waals surface area (Å²) < 4.78 is 0. The molecule has 0 atom stereocenters. The molecule has 7 heavy (non-hydrogen) atoms. The fraction of sp³-hybridized carbons (Fsp3) is 0.600. The molecule has 0 bridgehead atoms. The third-order valence-corrected chi connectivity index (χ3v) is 0.853. The van der Waals surface area contributed by atoms with Crippen molar-refractivity contribution in [3.05, 3.63) is 0 Å². The normalized spacial score (nSPS) is 20.7. The van der Waals surface area contributed by atoms with Gasteiger partial charge >= 0.3 is 0 Å². The minimum absolute atomic E-state index is 0.175. The first-order chi connectivity index (χ1) is 3.39. The minimum Gasteiger partial charge on any atom is -0.271 e. The maximum Gasteiger partial charge on any atom is 0.136 e. The second kappa shape index (κ2) is 1.87. The Bertz CT molecular complexity index is 92.6. The van der Waals surface area contributed by atoms with Crippen molar-refractivity contribution in [2.24, 2.45) is 9.98 Å². The molecule has 0 amide bonds. The predicted molar refractivity (Wildman–Crippen MR) is 31.1 cm³/mol. The lowest BCUT2D eigenvalue weighted by Gasteiger charge is -2.00. The molecule has 0 saturated carbocycles. The van der Waals surface area contributed by atoms with E-state index in [2.05, 4.69) is 9.98 Å². The van der Waals surface area contributed by atoms with E-state index < -0.39 is 0 Å². The van der Waals surface area contributed by atoms with Crippen molar-refractivity contribution < 1.29 is 0 Å². The molecule has 2 heteroatoms. The van der Waals surface area contributed by atoms with E-state index in [1.165, 1.54) is 0 Å². The highest BCUT2D eigenvalue weighted by atomic mass is 15.0. The molecule has 1 aliphatic rings. The Morgan fingerprint density at radius 2 is 2.00 bits per heavy atom. The Balaban J connectivity index is 2.49. The summed E-state index contributed by atoms with van der Waals surface area (Å²) in [6.07, 6.45) is 4.86. The molecule has 1 heterocycles. The first-order valence-electron chi connectivity index (χ1n) is 2.43. The molecule has 0 radical (unpaired) electrons. The molecule has 1 rings (SSSR count). The zero-order chi connectivity index (χ0) is 5.11. The van der Waals surface area contributed by atoms with Crippen LogP contribution in [0, 0.1) is 0 Å². The summed E-state index contributed by atoms with van der Waals surface area (Å²) in [6, 6.07) is 0. The van der Waals surface area contributed by atoms with Crippen LogP contribution in [0.2, 0.25) is 0 Å². The third-order valence-electron chi connectivity index (χ3n) is 0.853. The highest BCUT2D eigenvalue weighted by Gasteiger charge is 1.91. The summed E-state index contributed by atoms with van der Waals surface area (Å²) in [5, 5.41) is 0. The molecular formula is C5H8N2.